The smallest absolute Gasteiger partial charge is 0.363 e. The fourth-order valence-electron chi connectivity index (χ4n) is 3.20. The summed E-state index contributed by atoms with van der Waals surface area (Å²) in [5.41, 5.74) is 4.37. The summed E-state index contributed by atoms with van der Waals surface area (Å²) in [6.07, 6.45) is 1.63. The lowest BCUT2D eigenvalue weighted by Crippen LogP contribution is -2.11. The van der Waals surface area contributed by atoms with Crippen LogP contribution in [0.25, 0.3) is 11.8 Å². The van der Waals surface area contributed by atoms with Crippen LogP contribution in [-0.2, 0) is 14.9 Å². The number of hydrogen-bond donors (Lipinski definition) is 0. The summed E-state index contributed by atoms with van der Waals surface area (Å²) < 4.78 is 7.04. The number of carbonyl (C=O) groups excluding carboxylic acids is 1. The summed E-state index contributed by atoms with van der Waals surface area (Å²) >= 11 is 6.56. The Morgan fingerprint density at radius 2 is 1.70 bits per heavy atom. The molecule has 0 spiro atoms. The zero-order valence-corrected chi connectivity index (χ0v) is 18.1. The molecule has 30 heavy (non-hydrogen) atoms. The summed E-state index contributed by atoms with van der Waals surface area (Å²) in [4.78, 5) is 16.8. The number of benzene rings is 2. The topological polar surface area (TPSA) is 56.5 Å². The van der Waals surface area contributed by atoms with Gasteiger partial charge in [0.05, 0.1) is 11.4 Å². The van der Waals surface area contributed by atoms with Gasteiger partial charge in [-0.25, -0.2) is 14.5 Å². The van der Waals surface area contributed by atoms with Crippen molar-refractivity contribution in [3.8, 4) is 5.69 Å². The van der Waals surface area contributed by atoms with Crippen LogP contribution in [0.2, 0.25) is 5.15 Å². The van der Waals surface area contributed by atoms with E-state index in [2.05, 4.69) is 30.9 Å². The van der Waals surface area contributed by atoms with Crippen LogP contribution in [0.15, 0.2) is 65.3 Å². The Morgan fingerprint density at radius 1 is 1.03 bits per heavy atom. The Kier molecular flexibility index (Phi) is 5.08. The van der Waals surface area contributed by atoms with Crippen molar-refractivity contribution in [2.75, 3.05) is 0 Å². The fourth-order valence-corrected chi connectivity index (χ4v) is 3.52. The van der Waals surface area contributed by atoms with Gasteiger partial charge in [0.2, 0.25) is 5.90 Å². The number of cyclic esters (lactones) is 1. The Balaban J connectivity index is 1.67. The van der Waals surface area contributed by atoms with Crippen LogP contribution < -0.4 is 0 Å². The zero-order chi connectivity index (χ0) is 21.5. The molecule has 2 aromatic carbocycles. The lowest BCUT2D eigenvalue weighted by molar-refractivity contribution is -0.129. The molecule has 0 atom stereocenters. The molecule has 3 aromatic rings. The molecule has 152 valence electrons. The van der Waals surface area contributed by atoms with Crippen LogP contribution in [0.3, 0.4) is 0 Å². The Bertz CT molecular complexity index is 1170. The van der Waals surface area contributed by atoms with Gasteiger partial charge in [-0.2, -0.15) is 5.10 Å². The number of rotatable bonds is 3. The van der Waals surface area contributed by atoms with Crippen molar-refractivity contribution in [3.63, 3.8) is 0 Å². The Labute approximate surface area is 180 Å². The van der Waals surface area contributed by atoms with Gasteiger partial charge in [0, 0.05) is 11.1 Å². The second-order valence-corrected chi connectivity index (χ2v) is 8.56. The average Bonchev–Trinajstić information content (AvgIpc) is 3.23. The lowest BCUT2D eigenvalue weighted by Gasteiger charge is -2.18. The molecule has 0 radical (unpaired) electrons. The quantitative estimate of drug-likeness (QED) is 0.417. The van der Waals surface area contributed by atoms with Crippen LogP contribution in [0.4, 0.5) is 0 Å². The molecular formula is C24H22ClN3O2. The van der Waals surface area contributed by atoms with Gasteiger partial charge < -0.3 is 4.74 Å². The number of ether oxygens (including phenoxy) is 1. The Hall–Kier alpha value is -3.18. The molecule has 1 aliphatic rings. The largest absolute Gasteiger partial charge is 0.402 e. The van der Waals surface area contributed by atoms with Crippen LogP contribution >= 0.6 is 11.6 Å². The van der Waals surface area contributed by atoms with Gasteiger partial charge in [0.15, 0.2) is 5.70 Å². The van der Waals surface area contributed by atoms with Crippen LogP contribution in [0, 0.1) is 6.92 Å². The standard InChI is InChI=1S/C24H22ClN3O2/c1-15-19(21(25)28(27-15)18-8-6-5-7-9-18)14-20-23(29)30-22(26-20)16-10-12-17(13-11-16)24(2,3)4/h5-14H,1-4H3/b20-14-. The summed E-state index contributed by atoms with van der Waals surface area (Å²) in [6, 6.07) is 17.5. The summed E-state index contributed by atoms with van der Waals surface area (Å²) in [5, 5.41) is 4.91. The number of nitrogens with zero attached hydrogens (tertiary/aromatic N) is 3. The monoisotopic (exact) mass is 419 g/mol. The SMILES string of the molecule is Cc1nn(-c2ccccc2)c(Cl)c1/C=C1\N=C(c2ccc(C(C)(C)C)cc2)OC1=O. The number of esters is 1. The van der Waals surface area contributed by atoms with Crippen molar-refractivity contribution in [1.82, 2.24) is 9.78 Å². The maximum Gasteiger partial charge on any atom is 0.363 e. The Morgan fingerprint density at radius 3 is 2.33 bits per heavy atom. The van der Waals surface area contributed by atoms with Crippen molar-refractivity contribution in [1.29, 1.82) is 0 Å². The van der Waals surface area contributed by atoms with E-state index in [1.807, 2.05) is 61.5 Å². The van der Waals surface area contributed by atoms with E-state index in [0.29, 0.717) is 16.4 Å². The summed E-state index contributed by atoms with van der Waals surface area (Å²) in [6.45, 7) is 8.29. The van der Waals surface area contributed by atoms with Crippen LogP contribution in [0.1, 0.15) is 43.2 Å². The molecule has 2 heterocycles. The second kappa shape index (κ2) is 7.58. The minimum atomic E-state index is -0.507. The number of hydrogen-bond acceptors (Lipinski definition) is 4. The molecule has 0 unspecified atom stereocenters. The first-order valence-electron chi connectivity index (χ1n) is 9.68. The van der Waals surface area contributed by atoms with Gasteiger partial charge in [-0.1, -0.05) is 62.7 Å². The number of aryl methyl sites for hydroxylation is 1. The molecular weight excluding hydrogens is 398 g/mol. The average molecular weight is 420 g/mol. The molecule has 0 saturated carbocycles. The van der Waals surface area contributed by atoms with E-state index >= 15 is 0 Å². The van der Waals surface area contributed by atoms with E-state index in [4.69, 9.17) is 16.3 Å². The summed E-state index contributed by atoms with van der Waals surface area (Å²) in [5.74, 6) is -0.219. The van der Waals surface area contributed by atoms with Crippen LogP contribution in [0.5, 0.6) is 0 Å². The maximum atomic E-state index is 12.4. The molecule has 1 aliphatic heterocycles. The van der Waals surface area contributed by atoms with E-state index in [1.165, 1.54) is 5.56 Å². The third-order valence-electron chi connectivity index (χ3n) is 4.95. The van der Waals surface area contributed by atoms with Crippen molar-refractivity contribution < 1.29 is 9.53 Å². The highest BCUT2D eigenvalue weighted by molar-refractivity contribution is 6.31. The van der Waals surface area contributed by atoms with Gasteiger partial charge >= 0.3 is 5.97 Å². The third kappa shape index (κ3) is 3.81. The third-order valence-corrected chi connectivity index (χ3v) is 5.31. The molecule has 6 heteroatoms. The normalized spacial score (nSPS) is 15.4. The predicted octanol–water partition coefficient (Wildman–Crippen LogP) is 5.48. The first kappa shape index (κ1) is 20.1. The molecule has 1 aromatic heterocycles. The van der Waals surface area contributed by atoms with Gasteiger partial charge in [0.25, 0.3) is 0 Å². The van der Waals surface area contributed by atoms with Crippen molar-refractivity contribution in [2.45, 2.75) is 33.1 Å². The number of aromatic nitrogens is 2. The summed E-state index contributed by atoms with van der Waals surface area (Å²) in [7, 11) is 0. The zero-order valence-electron chi connectivity index (χ0n) is 17.3. The number of carbonyl (C=O) groups is 1. The number of halogens is 1. The minimum absolute atomic E-state index is 0.0466. The first-order chi connectivity index (χ1) is 14.2. The highest BCUT2D eigenvalue weighted by atomic mass is 35.5. The van der Waals surface area contributed by atoms with Gasteiger partial charge in [-0.05, 0) is 48.2 Å². The van der Waals surface area contributed by atoms with Crippen molar-refractivity contribution in [2.24, 2.45) is 4.99 Å². The van der Waals surface area contributed by atoms with E-state index in [0.717, 1.165) is 11.3 Å². The van der Waals surface area contributed by atoms with Crippen molar-refractivity contribution >= 4 is 29.5 Å². The molecule has 0 bridgehead atoms. The predicted molar refractivity (Wildman–Crippen MR) is 119 cm³/mol. The molecule has 0 amide bonds. The molecule has 0 aliphatic carbocycles. The van der Waals surface area contributed by atoms with Crippen molar-refractivity contribution in [3.05, 3.63) is 87.8 Å². The minimum Gasteiger partial charge on any atom is -0.402 e. The highest BCUT2D eigenvalue weighted by Gasteiger charge is 2.26. The first-order valence-corrected chi connectivity index (χ1v) is 10.1. The van der Waals surface area contributed by atoms with E-state index in [1.54, 1.807) is 10.8 Å². The second-order valence-electron chi connectivity index (χ2n) is 8.20. The maximum absolute atomic E-state index is 12.4. The molecule has 0 fully saturated rings. The molecule has 0 saturated heterocycles. The van der Waals surface area contributed by atoms with Gasteiger partial charge in [-0.15, -0.1) is 0 Å². The van der Waals surface area contributed by atoms with E-state index in [9.17, 15) is 4.79 Å². The van der Waals surface area contributed by atoms with Gasteiger partial charge in [-0.3, -0.25) is 0 Å². The fraction of sp³-hybridized carbons (Fsp3) is 0.208. The number of aliphatic imine (C=N–C) groups is 1. The van der Waals surface area contributed by atoms with Crippen LogP contribution in [-0.4, -0.2) is 21.6 Å². The van der Waals surface area contributed by atoms with Gasteiger partial charge in [0.1, 0.15) is 5.15 Å². The number of para-hydroxylation sites is 1. The highest BCUT2D eigenvalue weighted by Crippen LogP contribution is 2.28. The molecule has 5 nitrogen and oxygen atoms in total. The molecule has 4 rings (SSSR count). The van der Waals surface area contributed by atoms with E-state index in [-0.39, 0.29) is 17.0 Å². The van der Waals surface area contributed by atoms with E-state index < -0.39 is 5.97 Å². The lowest BCUT2D eigenvalue weighted by atomic mass is 9.87. The molecule has 0 N–H and O–H groups in total.